The molecule has 1 unspecified atom stereocenters. The number of benzene rings is 1. The second kappa shape index (κ2) is 7.01. The van der Waals surface area contributed by atoms with Gasteiger partial charge in [-0.2, -0.15) is 0 Å². The first-order valence-electron chi connectivity index (χ1n) is 7.73. The molecule has 2 heterocycles. The molecule has 0 aliphatic carbocycles. The molecule has 0 saturated carbocycles. The molecule has 3 rings (SSSR count). The van der Waals surface area contributed by atoms with Gasteiger partial charge in [-0.05, 0) is 61.2 Å². The fourth-order valence-corrected chi connectivity index (χ4v) is 3.22. The molecule has 0 bridgehead atoms. The molecule has 23 heavy (non-hydrogen) atoms. The number of likely N-dealkylation sites (tertiary alicyclic amines) is 1. The molecule has 1 saturated heterocycles. The minimum atomic E-state index is 0.0127. The van der Waals surface area contributed by atoms with Crippen LogP contribution < -0.4 is 4.74 Å². The summed E-state index contributed by atoms with van der Waals surface area (Å²) in [6.45, 7) is 2.74. The summed E-state index contributed by atoms with van der Waals surface area (Å²) >= 11 is 5.93. The Hall–Kier alpha value is -2.07. The number of pyridine rings is 1. The Morgan fingerprint density at radius 2 is 2.13 bits per heavy atom. The Morgan fingerprint density at radius 3 is 2.87 bits per heavy atom. The van der Waals surface area contributed by atoms with E-state index in [0.717, 1.165) is 30.5 Å². The Balaban J connectivity index is 1.65. The quantitative estimate of drug-likeness (QED) is 0.856. The van der Waals surface area contributed by atoms with E-state index in [0.29, 0.717) is 10.8 Å². The van der Waals surface area contributed by atoms with Crippen molar-refractivity contribution in [2.24, 2.45) is 0 Å². The minimum absolute atomic E-state index is 0.0127. The van der Waals surface area contributed by atoms with E-state index >= 15 is 0 Å². The highest BCUT2D eigenvalue weighted by molar-refractivity contribution is 6.30. The second-order valence-corrected chi connectivity index (χ2v) is 6.16. The minimum Gasteiger partial charge on any atom is -0.483 e. The van der Waals surface area contributed by atoms with Crippen LogP contribution in [0.5, 0.6) is 5.75 Å². The molecule has 4 nitrogen and oxygen atoms in total. The van der Waals surface area contributed by atoms with Gasteiger partial charge in [0.2, 0.25) is 0 Å². The number of ether oxygens (including phenoxy) is 1. The van der Waals surface area contributed by atoms with Gasteiger partial charge in [-0.1, -0.05) is 11.6 Å². The predicted molar refractivity (Wildman–Crippen MR) is 89.6 cm³/mol. The molecule has 1 atom stereocenters. The molecular formula is C18H19ClN2O2. The van der Waals surface area contributed by atoms with Crippen molar-refractivity contribution >= 4 is 17.5 Å². The molecule has 0 radical (unpaired) electrons. The van der Waals surface area contributed by atoms with Crippen LogP contribution in [0, 0.1) is 6.92 Å². The van der Waals surface area contributed by atoms with Crippen LogP contribution >= 0.6 is 11.6 Å². The Morgan fingerprint density at radius 1 is 1.35 bits per heavy atom. The molecule has 2 aromatic rings. The van der Waals surface area contributed by atoms with Gasteiger partial charge in [0.25, 0.3) is 5.91 Å². The van der Waals surface area contributed by atoms with E-state index in [4.69, 9.17) is 16.3 Å². The van der Waals surface area contributed by atoms with Crippen LogP contribution in [0.25, 0.3) is 0 Å². The third-order valence-corrected chi connectivity index (χ3v) is 4.39. The zero-order chi connectivity index (χ0) is 16.2. The molecule has 1 amide bonds. The monoisotopic (exact) mass is 330 g/mol. The Bertz CT molecular complexity index is 691. The van der Waals surface area contributed by atoms with E-state index in [2.05, 4.69) is 4.98 Å². The van der Waals surface area contributed by atoms with E-state index < -0.39 is 0 Å². The van der Waals surface area contributed by atoms with Crippen LogP contribution in [0.15, 0.2) is 42.7 Å². The smallest absolute Gasteiger partial charge is 0.261 e. The van der Waals surface area contributed by atoms with Gasteiger partial charge in [-0.3, -0.25) is 9.78 Å². The maximum Gasteiger partial charge on any atom is 0.261 e. The van der Waals surface area contributed by atoms with Crippen LogP contribution in [0.1, 0.15) is 30.0 Å². The summed E-state index contributed by atoms with van der Waals surface area (Å²) in [7, 11) is 0. The molecule has 1 fully saturated rings. The fraction of sp³-hybridized carbons (Fsp3) is 0.333. The standard InChI is InChI=1S/C18H19ClN2O2/c1-13-11-15(19)4-5-17(13)23-12-18(22)21-10-2-3-16(21)14-6-8-20-9-7-14/h4-9,11,16H,2-3,10,12H2,1H3. The first kappa shape index (κ1) is 15.8. The van der Waals surface area contributed by atoms with Crippen molar-refractivity contribution < 1.29 is 9.53 Å². The Kier molecular flexibility index (Phi) is 4.82. The van der Waals surface area contributed by atoms with Crippen molar-refractivity contribution in [2.75, 3.05) is 13.2 Å². The summed E-state index contributed by atoms with van der Waals surface area (Å²) in [5.74, 6) is 0.709. The van der Waals surface area contributed by atoms with Gasteiger partial charge >= 0.3 is 0 Å². The number of halogens is 1. The lowest BCUT2D eigenvalue weighted by atomic mass is 10.1. The molecule has 1 aliphatic rings. The molecule has 1 aromatic heterocycles. The van der Waals surface area contributed by atoms with Crippen LogP contribution in [0.3, 0.4) is 0 Å². The third kappa shape index (κ3) is 3.64. The molecule has 0 N–H and O–H groups in total. The summed E-state index contributed by atoms with van der Waals surface area (Å²) in [6, 6.07) is 9.47. The highest BCUT2D eigenvalue weighted by Crippen LogP contribution is 2.31. The van der Waals surface area contributed by atoms with Crippen molar-refractivity contribution in [3.8, 4) is 5.75 Å². The fourth-order valence-electron chi connectivity index (χ4n) is 2.99. The average molecular weight is 331 g/mol. The van der Waals surface area contributed by atoms with Gasteiger partial charge in [-0.15, -0.1) is 0 Å². The van der Waals surface area contributed by atoms with E-state index in [9.17, 15) is 4.79 Å². The predicted octanol–water partition coefficient (Wildman–Crippen LogP) is 3.79. The van der Waals surface area contributed by atoms with Gasteiger partial charge < -0.3 is 9.64 Å². The van der Waals surface area contributed by atoms with E-state index in [1.165, 1.54) is 0 Å². The molecular weight excluding hydrogens is 312 g/mol. The maximum absolute atomic E-state index is 12.5. The van der Waals surface area contributed by atoms with Gasteiger partial charge in [-0.25, -0.2) is 0 Å². The van der Waals surface area contributed by atoms with Crippen LogP contribution in [-0.4, -0.2) is 28.9 Å². The number of hydrogen-bond donors (Lipinski definition) is 0. The third-order valence-electron chi connectivity index (χ3n) is 4.15. The van der Waals surface area contributed by atoms with Crippen LogP contribution in [-0.2, 0) is 4.79 Å². The van der Waals surface area contributed by atoms with Crippen LogP contribution in [0.2, 0.25) is 5.02 Å². The highest BCUT2D eigenvalue weighted by atomic mass is 35.5. The number of aryl methyl sites for hydroxylation is 1. The Labute approximate surface area is 141 Å². The van der Waals surface area contributed by atoms with Gasteiger partial charge in [0.05, 0.1) is 6.04 Å². The number of aromatic nitrogens is 1. The highest BCUT2D eigenvalue weighted by Gasteiger charge is 2.30. The molecule has 0 spiro atoms. The summed E-state index contributed by atoms with van der Waals surface area (Å²) in [6.07, 6.45) is 5.53. The largest absolute Gasteiger partial charge is 0.483 e. The number of nitrogens with zero attached hydrogens (tertiary/aromatic N) is 2. The molecule has 120 valence electrons. The zero-order valence-corrected chi connectivity index (χ0v) is 13.8. The number of carbonyl (C=O) groups excluding carboxylic acids is 1. The molecule has 1 aliphatic heterocycles. The zero-order valence-electron chi connectivity index (χ0n) is 13.0. The van der Waals surface area contributed by atoms with Crippen molar-refractivity contribution in [1.82, 2.24) is 9.88 Å². The lowest BCUT2D eigenvalue weighted by Gasteiger charge is -2.25. The number of carbonyl (C=O) groups is 1. The summed E-state index contributed by atoms with van der Waals surface area (Å²) in [5.41, 5.74) is 2.06. The van der Waals surface area contributed by atoms with E-state index in [1.807, 2.05) is 30.0 Å². The number of hydrogen-bond acceptors (Lipinski definition) is 3. The van der Waals surface area contributed by atoms with Crippen molar-refractivity contribution in [3.05, 3.63) is 58.9 Å². The number of amides is 1. The lowest BCUT2D eigenvalue weighted by Crippen LogP contribution is -2.34. The van der Waals surface area contributed by atoms with Gasteiger partial charge in [0.1, 0.15) is 5.75 Å². The molecule has 5 heteroatoms. The first-order valence-corrected chi connectivity index (χ1v) is 8.11. The molecule has 1 aromatic carbocycles. The summed E-state index contributed by atoms with van der Waals surface area (Å²) in [5, 5.41) is 0.665. The second-order valence-electron chi connectivity index (χ2n) is 5.72. The van der Waals surface area contributed by atoms with Crippen molar-refractivity contribution in [3.63, 3.8) is 0 Å². The van der Waals surface area contributed by atoms with Crippen molar-refractivity contribution in [1.29, 1.82) is 0 Å². The SMILES string of the molecule is Cc1cc(Cl)ccc1OCC(=O)N1CCCC1c1ccncc1. The summed E-state index contributed by atoms with van der Waals surface area (Å²) in [4.78, 5) is 18.5. The van der Waals surface area contributed by atoms with Crippen LogP contribution in [0.4, 0.5) is 0 Å². The van der Waals surface area contributed by atoms with Crippen molar-refractivity contribution in [2.45, 2.75) is 25.8 Å². The summed E-state index contributed by atoms with van der Waals surface area (Å²) < 4.78 is 5.69. The normalized spacial score (nSPS) is 17.3. The van der Waals surface area contributed by atoms with Gasteiger partial charge in [0.15, 0.2) is 6.61 Å². The topological polar surface area (TPSA) is 42.4 Å². The van der Waals surface area contributed by atoms with E-state index in [1.54, 1.807) is 24.5 Å². The number of rotatable bonds is 4. The van der Waals surface area contributed by atoms with Gasteiger partial charge in [0, 0.05) is 24.0 Å². The average Bonchev–Trinajstić information content (AvgIpc) is 3.04. The first-order chi connectivity index (χ1) is 11.1. The maximum atomic E-state index is 12.5. The van der Waals surface area contributed by atoms with E-state index in [-0.39, 0.29) is 18.6 Å². The lowest BCUT2D eigenvalue weighted by molar-refractivity contribution is -0.134.